The van der Waals surface area contributed by atoms with Gasteiger partial charge >= 0.3 is 0 Å². The zero-order valence-electron chi connectivity index (χ0n) is 10.0. The first-order valence-corrected chi connectivity index (χ1v) is 5.68. The van der Waals surface area contributed by atoms with Crippen LogP contribution in [0.15, 0.2) is 24.4 Å². The second kappa shape index (κ2) is 4.96. The van der Waals surface area contributed by atoms with E-state index in [2.05, 4.69) is 5.10 Å². The predicted molar refractivity (Wildman–Crippen MR) is 67.2 cm³/mol. The molecule has 1 atom stereocenters. The molecule has 0 aliphatic rings. The quantitative estimate of drug-likeness (QED) is 0.930. The maximum absolute atomic E-state index is 13.8. The molecule has 0 fully saturated rings. The lowest BCUT2D eigenvalue weighted by Gasteiger charge is -2.15. The molecule has 2 rings (SSSR count). The van der Waals surface area contributed by atoms with Crippen molar-refractivity contribution in [2.45, 2.75) is 6.04 Å². The van der Waals surface area contributed by atoms with Crippen LogP contribution in [0.4, 0.5) is 4.39 Å². The Hall–Kier alpha value is -1.59. The van der Waals surface area contributed by atoms with Crippen LogP contribution in [0.2, 0.25) is 5.02 Å². The van der Waals surface area contributed by atoms with Gasteiger partial charge in [0.25, 0.3) is 0 Å². The highest BCUT2D eigenvalue weighted by atomic mass is 35.5. The van der Waals surface area contributed by atoms with Crippen molar-refractivity contribution >= 4 is 11.6 Å². The third-order valence-corrected chi connectivity index (χ3v) is 2.99. The van der Waals surface area contributed by atoms with Crippen LogP contribution in [0.3, 0.4) is 0 Å². The monoisotopic (exact) mass is 269 g/mol. The molecule has 4 nitrogen and oxygen atoms in total. The summed E-state index contributed by atoms with van der Waals surface area (Å²) in [6.45, 7) is 0. The lowest BCUT2D eigenvalue weighted by atomic mass is 10.0. The molecule has 96 valence electrons. The number of nitrogens with zero attached hydrogens (tertiary/aromatic N) is 2. The van der Waals surface area contributed by atoms with Gasteiger partial charge in [-0.25, -0.2) is 4.39 Å². The van der Waals surface area contributed by atoms with Crippen LogP contribution in [0.5, 0.6) is 5.75 Å². The Morgan fingerprint density at radius 1 is 1.50 bits per heavy atom. The van der Waals surface area contributed by atoms with Crippen molar-refractivity contribution in [3.05, 3.63) is 46.5 Å². The number of ether oxygens (including phenoxy) is 1. The Morgan fingerprint density at radius 2 is 2.22 bits per heavy atom. The topological polar surface area (TPSA) is 53.1 Å². The fourth-order valence-corrected chi connectivity index (χ4v) is 2.02. The normalized spacial score (nSPS) is 12.5. The van der Waals surface area contributed by atoms with Crippen molar-refractivity contribution in [2.75, 3.05) is 7.11 Å². The minimum Gasteiger partial charge on any atom is -0.493 e. The highest BCUT2D eigenvalue weighted by Gasteiger charge is 2.21. The summed E-state index contributed by atoms with van der Waals surface area (Å²) < 4.78 is 20.5. The smallest absolute Gasteiger partial charge is 0.161 e. The number of halogens is 2. The Labute approximate surface area is 109 Å². The van der Waals surface area contributed by atoms with Crippen LogP contribution in [-0.4, -0.2) is 16.9 Å². The molecule has 1 unspecified atom stereocenters. The van der Waals surface area contributed by atoms with Crippen molar-refractivity contribution in [3.63, 3.8) is 0 Å². The highest BCUT2D eigenvalue weighted by Crippen LogP contribution is 2.30. The average molecular weight is 270 g/mol. The zero-order chi connectivity index (χ0) is 13.3. The molecule has 0 aliphatic heterocycles. The van der Waals surface area contributed by atoms with E-state index in [-0.39, 0.29) is 0 Å². The average Bonchev–Trinajstić information content (AvgIpc) is 2.72. The van der Waals surface area contributed by atoms with E-state index in [1.54, 1.807) is 11.7 Å². The number of aromatic nitrogens is 2. The van der Waals surface area contributed by atoms with E-state index in [1.807, 2.05) is 0 Å². The molecule has 0 bridgehead atoms. The van der Waals surface area contributed by atoms with Gasteiger partial charge in [0.05, 0.1) is 19.3 Å². The number of rotatable bonds is 3. The molecule has 2 N–H and O–H groups in total. The zero-order valence-corrected chi connectivity index (χ0v) is 10.8. The van der Waals surface area contributed by atoms with Gasteiger partial charge in [-0.05, 0) is 18.2 Å². The van der Waals surface area contributed by atoms with Gasteiger partial charge in [-0.2, -0.15) is 5.10 Å². The summed E-state index contributed by atoms with van der Waals surface area (Å²) in [7, 11) is 3.24. The Morgan fingerprint density at radius 3 is 2.89 bits per heavy atom. The highest BCUT2D eigenvalue weighted by molar-refractivity contribution is 6.30. The largest absolute Gasteiger partial charge is 0.493 e. The first kappa shape index (κ1) is 12.9. The standard InChI is InChI=1S/C12H13ClFN3O/c1-17-12(10(18-2)6-16-17)11(15)8-5-7(13)3-4-9(8)14/h3-6,11H,15H2,1-2H3. The molecule has 1 aromatic carbocycles. The summed E-state index contributed by atoms with van der Waals surface area (Å²) in [5.74, 6) is 0.111. The SMILES string of the molecule is COc1cnn(C)c1C(N)c1cc(Cl)ccc1F. The van der Waals surface area contributed by atoms with Gasteiger partial charge in [0.1, 0.15) is 11.5 Å². The number of benzene rings is 1. The van der Waals surface area contributed by atoms with E-state index >= 15 is 0 Å². The maximum atomic E-state index is 13.8. The molecule has 0 amide bonds. The third-order valence-electron chi connectivity index (χ3n) is 2.76. The molecule has 0 aliphatic carbocycles. The molecule has 1 heterocycles. The maximum Gasteiger partial charge on any atom is 0.161 e. The minimum atomic E-state index is -0.689. The van der Waals surface area contributed by atoms with Crippen molar-refractivity contribution in [1.29, 1.82) is 0 Å². The molecule has 2 aromatic rings. The van der Waals surface area contributed by atoms with Crippen molar-refractivity contribution in [2.24, 2.45) is 12.8 Å². The van der Waals surface area contributed by atoms with E-state index in [4.69, 9.17) is 22.1 Å². The van der Waals surface area contributed by atoms with Crippen molar-refractivity contribution in [1.82, 2.24) is 9.78 Å². The van der Waals surface area contributed by atoms with Crippen LogP contribution in [-0.2, 0) is 7.05 Å². The van der Waals surface area contributed by atoms with E-state index in [0.29, 0.717) is 22.0 Å². The molecule has 0 saturated carbocycles. The van der Waals surface area contributed by atoms with Crippen LogP contribution < -0.4 is 10.5 Å². The summed E-state index contributed by atoms with van der Waals surface area (Å²) >= 11 is 5.86. The van der Waals surface area contributed by atoms with Crippen LogP contribution in [0.1, 0.15) is 17.3 Å². The minimum absolute atomic E-state index is 0.310. The van der Waals surface area contributed by atoms with Gasteiger partial charge in [0, 0.05) is 17.6 Å². The van der Waals surface area contributed by atoms with Gasteiger partial charge in [-0.1, -0.05) is 11.6 Å². The predicted octanol–water partition coefficient (Wildman–Crippen LogP) is 2.27. The summed E-state index contributed by atoms with van der Waals surface area (Å²) in [4.78, 5) is 0. The van der Waals surface area contributed by atoms with Gasteiger partial charge < -0.3 is 10.5 Å². The summed E-state index contributed by atoms with van der Waals surface area (Å²) in [6, 6.07) is 3.59. The third kappa shape index (κ3) is 2.19. The number of nitrogens with two attached hydrogens (primary N) is 1. The molecular formula is C12H13ClFN3O. The fourth-order valence-electron chi connectivity index (χ4n) is 1.84. The van der Waals surface area contributed by atoms with Crippen LogP contribution in [0.25, 0.3) is 0 Å². The van der Waals surface area contributed by atoms with E-state index in [0.717, 1.165) is 0 Å². The second-order valence-electron chi connectivity index (χ2n) is 3.87. The van der Waals surface area contributed by atoms with E-state index < -0.39 is 11.9 Å². The van der Waals surface area contributed by atoms with Gasteiger partial charge in [-0.3, -0.25) is 4.68 Å². The number of aryl methyl sites for hydroxylation is 1. The molecule has 1 aromatic heterocycles. The number of hydrogen-bond donors (Lipinski definition) is 1. The lowest BCUT2D eigenvalue weighted by Crippen LogP contribution is -2.18. The first-order valence-electron chi connectivity index (χ1n) is 5.31. The van der Waals surface area contributed by atoms with Crippen molar-refractivity contribution < 1.29 is 9.13 Å². The van der Waals surface area contributed by atoms with Gasteiger partial charge in [0.15, 0.2) is 5.75 Å². The number of methoxy groups -OCH3 is 1. The van der Waals surface area contributed by atoms with Crippen molar-refractivity contribution in [3.8, 4) is 5.75 Å². The fraction of sp³-hybridized carbons (Fsp3) is 0.250. The van der Waals surface area contributed by atoms with Crippen LogP contribution in [0, 0.1) is 5.82 Å². The Bertz CT molecular complexity index is 570. The molecule has 0 radical (unpaired) electrons. The summed E-state index contributed by atoms with van der Waals surface area (Å²) in [5.41, 5.74) is 6.97. The summed E-state index contributed by atoms with van der Waals surface area (Å²) in [6.07, 6.45) is 1.54. The van der Waals surface area contributed by atoms with Crippen LogP contribution >= 0.6 is 11.6 Å². The summed E-state index contributed by atoms with van der Waals surface area (Å²) in [5, 5.41) is 4.48. The molecule has 0 spiro atoms. The molecule has 18 heavy (non-hydrogen) atoms. The first-order chi connectivity index (χ1) is 8.54. The van der Waals surface area contributed by atoms with Gasteiger partial charge in [-0.15, -0.1) is 0 Å². The lowest BCUT2D eigenvalue weighted by molar-refractivity contribution is 0.405. The Kier molecular flexibility index (Phi) is 3.54. The van der Waals surface area contributed by atoms with E-state index in [9.17, 15) is 4.39 Å². The van der Waals surface area contributed by atoms with Gasteiger partial charge in [0.2, 0.25) is 0 Å². The van der Waals surface area contributed by atoms with E-state index in [1.165, 1.54) is 31.5 Å². The molecular weight excluding hydrogens is 257 g/mol. The second-order valence-corrected chi connectivity index (χ2v) is 4.30. The molecule has 0 saturated heterocycles. The number of hydrogen-bond acceptors (Lipinski definition) is 3. The molecule has 6 heteroatoms. The Balaban J connectivity index is 2.50.